The third kappa shape index (κ3) is 4.45. The molecule has 0 aliphatic heterocycles. The number of methoxy groups -OCH3 is 1. The Balaban J connectivity index is 2.54. The zero-order valence-corrected chi connectivity index (χ0v) is 15.8. The summed E-state index contributed by atoms with van der Waals surface area (Å²) in [6, 6.07) is 4.74. The molecule has 136 valence electrons. The average Bonchev–Trinajstić information content (AvgIpc) is 2.94. The van der Waals surface area contributed by atoms with Crippen LogP contribution in [-0.4, -0.2) is 32.4 Å². The third-order valence-electron chi connectivity index (χ3n) is 3.30. The lowest BCUT2D eigenvalue weighted by Crippen LogP contribution is -2.18. The van der Waals surface area contributed by atoms with E-state index in [1.54, 1.807) is 18.2 Å². The standard InChI is InChI=1S/C15H16Cl2N2O5S/c1-3-4-8-25(21,22)19-14-12(15(20)23-2)13(18-24-14)11-9(16)6-5-7-10(11)17/h5-7,19H,3-4,8H2,1-2H3. The molecule has 0 unspecified atom stereocenters. The Labute approximate surface area is 155 Å². The summed E-state index contributed by atoms with van der Waals surface area (Å²) in [5.41, 5.74) is 0.0437. The number of esters is 1. The van der Waals surface area contributed by atoms with Crippen LogP contribution in [0.3, 0.4) is 0 Å². The van der Waals surface area contributed by atoms with Gasteiger partial charge < -0.3 is 9.26 Å². The van der Waals surface area contributed by atoms with Crippen LogP contribution < -0.4 is 4.72 Å². The first-order valence-electron chi connectivity index (χ1n) is 7.33. The van der Waals surface area contributed by atoms with Gasteiger partial charge in [0.15, 0.2) is 5.56 Å². The number of nitrogens with zero attached hydrogens (tertiary/aromatic N) is 1. The van der Waals surface area contributed by atoms with Gasteiger partial charge in [-0.05, 0) is 18.6 Å². The van der Waals surface area contributed by atoms with E-state index >= 15 is 0 Å². The summed E-state index contributed by atoms with van der Waals surface area (Å²) in [7, 11) is -2.55. The highest BCUT2D eigenvalue weighted by Crippen LogP contribution is 2.38. The highest BCUT2D eigenvalue weighted by atomic mass is 35.5. The number of hydrogen-bond donors (Lipinski definition) is 1. The van der Waals surface area contributed by atoms with Crippen molar-refractivity contribution < 1.29 is 22.5 Å². The number of unbranched alkanes of at least 4 members (excludes halogenated alkanes) is 1. The van der Waals surface area contributed by atoms with Gasteiger partial charge in [0, 0.05) is 5.56 Å². The lowest BCUT2D eigenvalue weighted by molar-refractivity contribution is 0.0602. The highest BCUT2D eigenvalue weighted by Gasteiger charge is 2.29. The summed E-state index contributed by atoms with van der Waals surface area (Å²) in [6.07, 6.45) is 1.15. The SMILES string of the molecule is CCCCS(=O)(=O)Nc1onc(-c2c(Cl)cccc2Cl)c1C(=O)OC. The van der Waals surface area contributed by atoms with E-state index in [-0.39, 0.29) is 38.5 Å². The molecule has 1 N–H and O–H groups in total. The largest absolute Gasteiger partial charge is 0.465 e. The van der Waals surface area contributed by atoms with Gasteiger partial charge in [0.05, 0.1) is 22.9 Å². The van der Waals surface area contributed by atoms with Crippen LogP contribution in [0.2, 0.25) is 10.0 Å². The van der Waals surface area contributed by atoms with Gasteiger partial charge in [-0.2, -0.15) is 0 Å². The first-order chi connectivity index (χ1) is 11.8. The van der Waals surface area contributed by atoms with Crippen LogP contribution in [0.5, 0.6) is 0 Å². The van der Waals surface area contributed by atoms with E-state index in [1.807, 2.05) is 6.92 Å². The molecule has 0 spiro atoms. The maximum absolute atomic E-state index is 12.2. The molecule has 25 heavy (non-hydrogen) atoms. The Kier molecular flexibility index (Phi) is 6.31. The van der Waals surface area contributed by atoms with Crippen LogP contribution in [-0.2, 0) is 14.8 Å². The topological polar surface area (TPSA) is 98.5 Å². The Hall–Kier alpha value is -1.77. The molecule has 2 aromatic rings. The van der Waals surface area contributed by atoms with Crippen LogP contribution in [0.15, 0.2) is 22.7 Å². The number of halogens is 2. The van der Waals surface area contributed by atoms with Crippen molar-refractivity contribution in [3.8, 4) is 11.3 Å². The van der Waals surface area contributed by atoms with Gasteiger partial charge >= 0.3 is 5.97 Å². The molecule has 0 radical (unpaired) electrons. The van der Waals surface area contributed by atoms with Crippen molar-refractivity contribution in [3.63, 3.8) is 0 Å². The van der Waals surface area contributed by atoms with Crippen LogP contribution >= 0.6 is 23.2 Å². The van der Waals surface area contributed by atoms with Crippen LogP contribution in [0.25, 0.3) is 11.3 Å². The fourth-order valence-electron chi connectivity index (χ4n) is 2.07. The number of carbonyl (C=O) groups is 1. The summed E-state index contributed by atoms with van der Waals surface area (Å²) in [4.78, 5) is 12.2. The monoisotopic (exact) mass is 406 g/mol. The fraction of sp³-hybridized carbons (Fsp3) is 0.333. The summed E-state index contributed by atoms with van der Waals surface area (Å²) in [5, 5.41) is 4.23. The van der Waals surface area contributed by atoms with Gasteiger partial charge in [-0.15, -0.1) is 0 Å². The summed E-state index contributed by atoms with van der Waals surface area (Å²) < 4.78 is 36.2. The predicted octanol–water partition coefficient (Wildman–Crippen LogP) is 3.98. The first-order valence-corrected chi connectivity index (χ1v) is 9.74. The maximum Gasteiger partial charge on any atom is 0.345 e. The van der Waals surface area contributed by atoms with Crippen LogP contribution in [0.1, 0.15) is 30.1 Å². The zero-order chi connectivity index (χ0) is 18.6. The van der Waals surface area contributed by atoms with E-state index in [2.05, 4.69) is 9.88 Å². The number of aromatic nitrogens is 1. The Morgan fingerprint density at radius 1 is 1.32 bits per heavy atom. The van der Waals surface area contributed by atoms with Crippen molar-refractivity contribution in [1.29, 1.82) is 0 Å². The van der Waals surface area contributed by atoms with Gasteiger partial charge in [0.1, 0.15) is 5.69 Å². The minimum atomic E-state index is -3.71. The van der Waals surface area contributed by atoms with Gasteiger partial charge in [0.2, 0.25) is 10.0 Å². The van der Waals surface area contributed by atoms with Crippen LogP contribution in [0.4, 0.5) is 5.88 Å². The molecular weight excluding hydrogens is 391 g/mol. The van der Waals surface area contributed by atoms with Crippen molar-refractivity contribution in [3.05, 3.63) is 33.8 Å². The Bertz CT molecular complexity index is 860. The minimum absolute atomic E-state index is 0.00404. The van der Waals surface area contributed by atoms with E-state index in [1.165, 1.54) is 0 Å². The second-order valence-corrected chi connectivity index (χ2v) is 7.75. The molecule has 7 nitrogen and oxygen atoms in total. The number of rotatable bonds is 7. The molecule has 1 aromatic carbocycles. The number of sulfonamides is 1. The molecule has 0 aliphatic rings. The quantitative estimate of drug-likeness (QED) is 0.698. The second kappa shape index (κ2) is 8.07. The summed E-state index contributed by atoms with van der Waals surface area (Å²) >= 11 is 12.3. The zero-order valence-electron chi connectivity index (χ0n) is 13.5. The molecule has 0 atom stereocenters. The number of nitrogens with one attached hydrogen (secondary N) is 1. The third-order valence-corrected chi connectivity index (χ3v) is 5.25. The Morgan fingerprint density at radius 3 is 2.52 bits per heavy atom. The average molecular weight is 407 g/mol. The van der Waals surface area contributed by atoms with Crippen molar-refractivity contribution >= 4 is 45.1 Å². The van der Waals surface area contributed by atoms with Crippen molar-refractivity contribution in [2.75, 3.05) is 17.6 Å². The number of benzene rings is 1. The molecular formula is C15H16Cl2N2O5S. The van der Waals surface area contributed by atoms with E-state index in [9.17, 15) is 13.2 Å². The number of anilines is 1. The van der Waals surface area contributed by atoms with E-state index in [0.717, 1.165) is 7.11 Å². The first kappa shape index (κ1) is 19.6. The molecule has 1 aromatic heterocycles. The van der Waals surface area contributed by atoms with E-state index < -0.39 is 16.0 Å². The van der Waals surface area contributed by atoms with Gasteiger partial charge in [-0.25, -0.2) is 13.2 Å². The minimum Gasteiger partial charge on any atom is -0.465 e. The normalized spacial score (nSPS) is 11.4. The molecule has 0 saturated carbocycles. The molecule has 1 heterocycles. The predicted molar refractivity (Wildman–Crippen MR) is 95.6 cm³/mol. The summed E-state index contributed by atoms with van der Waals surface area (Å²) in [6.45, 7) is 1.86. The molecule has 0 amide bonds. The van der Waals surface area contributed by atoms with Crippen LogP contribution in [0, 0.1) is 0 Å². The molecule has 2 rings (SSSR count). The smallest absolute Gasteiger partial charge is 0.345 e. The van der Waals surface area contributed by atoms with Gasteiger partial charge in [-0.3, -0.25) is 4.72 Å². The van der Waals surface area contributed by atoms with E-state index in [0.29, 0.717) is 12.8 Å². The van der Waals surface area contributed by atoms with Gasteiger partial charge in [-0.1, -0.05) is 47.8 Å². The lowest BCUT2D eigenvalue weighted by Gasteiger charge is -2.07. The Morgan fingerprint density at radius 2 is 1.96 bits per heavy atom. The maximum atomic E-state index is 12.2. The lowest BCUT2D eigenvalue weighted by atomic mass is 10.1. The number of ether oxygens (including phenoxy) is 1. The van der Waals surface area contributed by atoms with Crippen molar-refractivity contribution in [1.82, 2.24) is 5.16 Å². The highest BCUT2D eigenvalue weighted by molar-refractivity contribution is 7.92. The number of hydrogen-bond acceptors (Lipinski definition) is 6. The summed E-state index contributed by atoms with van der Waals surface area (Å²) in [5.74, 6) is -1.29. The van der Waals surface area contributed by atoms with Gasteiger partial charge in [0.25, 0.3) is 5.88 Å². The van der Waals surface area contributed by atoms with E-state index in [4.69, 9.17) is 32.5 Å². The molecule has 0 saturated heterocycles. The molecule has 0 bridgehead atoms. The molecule has 0 aliphatic carbocycles. The molecule has 0 fully saturated rings. The number of carbonyl (C=O) groups excluding carboxylic acids is 1. The molecule has 10 heteroatoms. The second-order valence-electron chi connectivity index (χ2n) is 5.10. The van der Waals surface area contributed by atoms with Crippen molar-refractivity contribution in [2.24, 2.45) is 0 Å². The fourth-order valence-corrected chi connectivity index (χ4v) is 3.84. The van der Waals surface area contributed by atoms with Crippen molar-refractivity contribution in [2.45, 2.75) is 19.8 Å².